The summed E-state index contributed by atoms with van der Waals surface area (Å²) in [6.45, 7) is 4.99. The van der Waals surface area contributed by atoms with Gasteiger partial charge in [0, 0.05) is 19.4 Å². The third-order valence-electron chi connectivity index (χ3n) is 4.22. The fourth-order valence-corrected chi connectivity index (χ4v) is 2.84. The second-order valence-electron chi connectivity index (χ2n) is 5.91. The predicted octanol–water partition coefficient (Wildman–Crippen LogP) is 2.60. The molecule has 0 aromatic heterocycles. The molecule has 1 aromatic carbocycles. The Morgan fingerprint density at radius 2 is 2.05 bits per heavy atom. The van der Waals surface area contributed by atoms with Crippen LogP contribution >= 0.6 is 0 Å². The van der Waals surface area contributed by atoms with E-state index >= 15 is 0 Å². The third kappa shape index (κ3) is 4.51. The highest BCUT2D eigenvalue weighted by atomic mass is 16.7. The van der Waals surface area contributed by atoms with E-state index in [9.17, 15) is 5.11 Å². The number of aliphatic hydroxyl groups is 1. The minimum Gasteiger partial charge on any atom is -0.390 e. The summed E-state index contributed by atoms with van der Waals surface area (Å²) >= 11 is 0. The van der Waals surface area contributed by atoms with Crippen molar-refractivity contribution in [1.82, 2.24) is 0 Å². The summed E-state index contributed by atoms with van der Waals surface area (Å²) in [7, 11) is 1.66. The van der Waals surface area contributed by atoms with E-state index in [1.807, 2.05) is 37.3 Å². The second-order valence-corrected chi connectivity index (χ2v) is 5.91. The molecule has 1 aromatic rings. The van der Waals surface area contributed by atoms with Gasteiger partial charge in [0.1, 0.15) is 0 Å². The molecule has 21 heavy (non-hydrogen) atoms. The third-order valence-corrected chi connectivity index (χ3v) is 4.22. The van der Waals surface area contributed by atoms with Gasteiger partial charge in [-0.05, 0) is 11.5 Å². The Kier molecular flexibility index (Phi) is 6.18. The summed E-state index contributed by atoms with van der Waals surface area (Å²) in [4.78, 5) is 0. The lowest BCUT2D eigenvalue weighted by Crippen LogP contribution is -2.35. The van der Waals surface area contributed by atoms with Crippen molar-refractivity contribution >= 4 is 0 Å². The van der Waals surface area contributed by atoms with Crippen LogP contribution in [0.5, 0.6) is 0 Å². The normalized spacial score (nSPS) is 28.5. The first kappa shape index (κ1) is 16.4. The van der Waals surface area contributed by atoms with E-state index < -0.39 is 6.10 Å². The molecule has 118 valence electrons. The molecule has 1 unspecified atom stereocenters. The van der Waals surface area contributed by atoms with E-state index in [0.717, 1.165) is 12.0 Å². The van der Waals surface area contributed by atoms with Crippen LogP contribution in [-0.4, -0.2) is 37.3 Å². The zero-order valence-electron chi connectivity index (χ0n) is 13.1. The molecule has 0 radical (unpaired) electrons. The van der Waals surface area contributed by atoms with E-state index in [1.165, 1.54) is 0 Å². The Balaban J connectivity index is 1.76. The number of methoxy groups -OCH3 is 1. The summed E-state index contributed by atoms with van der Waals surface area (Å²) < 4.78 is 16.7. The van der Waals surface area contributed by atoms with Crippen molar-refractivity contribution in [1.29, 1.82) is 0 Å². The molecule has 1 N–H and O–H groups in total. The standard InChI is InChI=1S/C17H26O4/c1-12-9-16(19-3)21-17(12)13(2)15(18)11-20-10-14-7-5-4-6-8-14/h4-8,12-13,15-18H,9-11H2,1-3H3/t12-,13+,15-,16?,17-/m1/s1. The van der Waals surface area contributed by atoms with Gasteiger partial charge in [0.05, 0.1) is 25.4 Å². The second kappa shape index (κ2) is 7.90. The fourth-order valence-electron chi connectivity index (χ4n) is 2.84. The van der Waals surface area contributed by atoms with Crippen LogP contribution in [0.1, 0.15) is 25.8 Å². The Labute approximate surface area is 127 Å². The molecule has 0 amide bonds. The van der Waals surface area contributed by atoms with E-state index in [-0.39, 0.29) is 18.3 Å². The van der Waals surface area contributed by atoms with Crippen LogP contribution in [0.25, 0.3) is 0 Å². The molecule has 4 nitrogen and oxygen atoms in total. The smallest absolute Gasteiger partial charge is 0.157 e. The van der Waals surface area contributed by atoms with Crippen LogP contribution in [0, 0.1) is 11.8 Å². The van der Waals surface area contributed by atoms with Gasteiger partial charge in [-0.2, -0.15) is 0 Å². The summed E-state index contributed by atoms with van der Waals surface area (Å²) in [6, 6.07) is 9.97. The van der Waals surface area contributed by atoms with Crippen molar-refractivity contribution in [2.75, 3.05) is 13.7 Å². The number of benzene rings is 1. The highest BCUT2D eigenvalue weighted by Gasteiger charge is 2.38. The first-order chi connectivity index (χ1) is 10.1. The number of ether oxygens (including phenoxy) is 3. The Morgan fingerprint density at radius 3 is 2.67 bits per heavy atom. The average molecular weight is 294 g/mol. The first-order valence-electron chi connectivity index (χ1n) is 7.59. The van der Waals surface area contributed by atoms with Crippen molar-refractivity contribution in [3.63, 3.8) is 0 Å². The maximum atomic E-state index is 10.3. The topological polar surface area (TPSA) is 47.9 Å². The number of aliphatic hydroxyl groups excluding tert-OH is 1. The van der Waals surface area contributed by atoms with Crippen LogP contribution in [0.3, 0.4) is 0 Å². The van der Waals surface area contributed by atoms with E-state index in [2.05, 4.69) is 6.92 Å². The van der Waals surface area contributed by atoms with Crippen LogP contribution in [0.2, 0.25) is 0 Å². The minimum atomic E-state index is -0.531. The van der Waals surface area contributed by atoms with Gasteiger partial charge < -0.3 is 19.3 Å². The van der Waals surface area contributed by atoms with Crippen LogP contribution in [-0.2, 0) is 20.8 Å². The van der Waals surface area contributed by atoms with Gasteiger partial charge in [0.15, 0.2) is 6.29 Å². The van der Waals surface area contributed by atoms with Crippen molar-refractivity contribution in [2.24, 2.45) is 11.8 Å². The lowest BCUT2D eigenvalue weighted by atomic mass is 9.89. The minimum absolute atomic E-state index is 0.0188. The predicted molar refractivity (Wildman–Crippen MR) is 80.7 cm³/mol. The molecule has 1 aliphatic heterocycles. The molecule has 0 bridgehead atoms. The largest absolute Gasteiger partial charge is 0.390 e. The van der Waals surface area contributed by atoms with E-state index in [0.29, 0.717) is 19.1 Å². The van der Waals surface area contributed by atoms with Crippen LogP contribution < -0.4 is 0 Å². The summed E-state index contributed by atoms with van der Waals surface area (Å²) in [5.74, 6) is 0.407. The monoisotopic (exact) mass is 294 g/mol. The van der Waals surface area contributed by atoms with Gasteiger partial charge >= 0.3 is 0 Å². The maximum absolute atomic E-state index is 10.3. The molecule has 4 heteroatoms. The van der Waals surface area contributed by atoms with Gasteiger partial charge in [-0.15, -0.1) is 0 Å². The maximum Gasteiger partial charge on any atom is 0.157 e. The molecule has 0 aliphatic carbocycles. The Hall–Kier alpha value is -0.940. The van der Waals surface area contributed by atoms with Crippen molar-refractivity contribution in [3.8, 4) is 0 Å². The summed E-state index contributed by atoms with van der Waals surface area (Å²) in [5.41, 5.74) is 1.11. The SMILES string of the molecule is COC1C[C@@H](C)[C@H]([C@@H](C)[C@H](O)COCc2ccccc2)O1. The quantitative estimate of drug-likeness (QED) is 0.840. The van der Waals surface area contributed by atoms with Gasteiger partial charge in [-0.3, -0.25) is 0 Å². The van der Waals surface area contributed by atoms with Crippen LogP contribution in [0.15, 0.2) is 30.3 Å². The number of hydrogen-bond donors (Lipinski definition) is 1. The van der Waals surface area contributed by atoms with Crippen molar-refractivity contribution in [2.45, 2.75) is 45.4 Å². The first-order valence-corrected chi connectivity index (χ1v) is 7.59. The summed E-state index contributed by atoms with van der Waals surface area (Å²) in [6.07, 6.45) is 0.218. The molecule has 1 fully saturated rings. The fraction of sp³-hybridized carbons (Fsp3) is 0.647. The van der Waals surface area contributed by atoms with Gasteiger partial charge in [0.25, 0.3) is 0 Å². The molecule has 5 atom stereocenters. The van der Waals surface area contributed by atoms with Crippen molar-refractivity contribution in [3.05, 3.63) is 35.9 Å². The summed E-state index contributed by atoms with van der Waals surface area (Å²) in [5, 5.41) is 10.3. The van der Waals surface area contributed by atoms with Gasteiger partial charge in [-0.25, -0.2) is 0 Å². The average Bonchev–Trinajstić information content (AvgIpc) is 2.88. The molecule has 0 saturated carbocycles. The molecular weight excluding hydrogens is 268 g/mol. The Bertz CT molecular complexity index is 409. The Morgan fingerprint density at radius 1 is 1.33 bits per heavy atom. The highest BCUT2D eigenvalue weighted by Crippen LogP contribution is 2.32. The molecule has 0 spiro atoms. The van der Waals surface area contributed by atoms with E-state index in [1.54, 1.807) is 7.11 Å². The molecule has 1 saturated heterocycles. The number of hydrogen-bond acceptors (Lipinski definition) is 4. The van der Waals surface area contributed by atoms with Gasteiger partial charge in [-0.1, -0.05) is 44.2 Å². The molecule has 1 heterocycles. The highest BCUT2D eigenvalue weighted by molar-refractivity contribution is 5.13. The lowest BCUT2D eigenvalue weighted by Gasteiger charge is -2.27. The van der Waals surface area contributed by atoms with E-state index in [4.69, 9.17) is 14.2 Å². The molecule has 1 aliphatic rings. The van der Waals surface area contributed by atoms with Crippen molar-refractivity contribution < 1.29 is 19.3 Å². The zero-order valence-corrected chi connectivity index (χ0v) is 13.1. The van der Waals surface area contributed by atoms with Crippen LogP contribution in [0.4, 0.5) is 0 Å². The lowest BCUT2D eigenvalue weighted by molar-refractivity contribution is -0.141. The zero-order chi connectivity index (χ0) is 15.2. The number of rotatable bonds is 7. The molecule has 2 rings (SSSR count). The van der Waals surface area contributed by atoms with Gasteiger partial charge in [0.2, 0.25) is 0 Å². The molecular formula is C17H26O4.